The molecule has 1 aliphatic carbocycles. The molecular weight excluding hydrogens is 514 g/mol. The number of aromatic nitrogens is 6. The summed E-state index contributed by atoms with van der Waals surface area (Å²) >= 11 is 0. The van der Waals surface area contributed by atoms with Crippen LogP contribution in [0.1, 0.15) is 72.3 Å². The van der Waals surface area contributed by atoms with Crippen molar-refractivity contribution >= 4 is 10.9 Å². The van der Waals surface area contributed by atoms with Gasteiger partial charge in [0.25, 0.3) is 5.56 Å². The Bertz CT molecular complexity index is 1660. The lowest BCUT2D eigenvalue weighted by Gasteiger charge is -2.32. The highest BCUT2D eigenvalue weighted by Crippen LogP contribution is 2.34. The summed E-state index contributed by atoms with van der Waals surface area (Å²) in [5.74, 6) is 1.48. The number of ether oxygens (including phenoxy) is 1. The molecule has 6 rings (SSSR count). The van der Waals surface area contributed by atoms with E-state index in [0.717, 1.165) is 59.0 Å². The van der Waals surface area contributed by atoms with Crippen LogP contribution in [0.3, 0.4) is 0 Å². The summed E-state index contributed by atoms with van der Waals surface area (Å²) in [5, 5.41) is 14.2. The Morgan fingerprint density at radius 3 is 2.59 bits per heavy atom. The molecule has 3 heterocycles. The molecule has 1 aliphatic rings. The fraction of sp³-hybridized carbons (Fsp3) is 0.344. The van der Waals surface area contributed by atoms with Crippen LogP contribution in [0.15, 0.2) is 77.9 Å². The number of tetrazole rings is 1. The third-order valence-electron chi connectivity index (χ3n) is 8.03. The van der Waals surface area contributed by atoms with Gasteiger partial charge in [-0.2, -0.15) is 0 Å². The van der Waals surface area contributed by atoms with Gasteiger partial charge < -0.3 is 9.72 Å². The number of H-pyrrole nitrogens is 1. The minimum atomic E-state index is -0.497. The van der Waals surface area contributed by atoms with Gasteiger partial charge in [0.05, 0.1) is 13.2 Å². The van der Waals surface area contributed by atoms with Crippen LogP contribution in [0, 0.1) is 6.92 Å². The molecule has 1 fully saturated rings. The number of aromatic amines is 1. The first-order valence-corrected chi connectivity index (χ1v) is 14.3. The van der Waals surface area contributed by atoms with Gasteiger partial charge in [0.2, 0.25) is 0 Å². The van der Waals surface area contributed by atoms with E-state index in [1.54, 1.807) is 13.3 Å². The molecule has 0 bridgehead atoms. The first kappa shape index (κ1) is 26.8. The zero-order chi connectivity index (χ0) is 28.2. The van der Waals surface area contributed by atoms with Crippen LogP contribution >= 0.6 is 0 Å². The summed E-state index contributed by atoms with van der Waals surface area (Å²) in [6, 6.07) is 19.9. The fourth-order valence-corrected chi connectivity index (χ4v) is 5.93. The molecule has 0 aliphatic heterocycles. The molecule has 210 valence electrons. The molecule has 0 amide bonds. The van der Waals surface area contributed by atoms with Crippen molar-refractivity contribution in [1.82, 2.24) is 35.1 Å². The van der Waals surface area contributed by atoms with Crippen LogP contribution < -0.4 is 10.3 Å². The molecule has 5 aromatic rings. The van der Waals surface area contributed by atoms with Gasteiger partial charge in [0.15, 0.2) is 5.82 Å². The van der Waals surface area contributed by atoms with Crippen LogP contribution in [-0.2, 0) is 13.1 Å². The predicted molar refractivity (Wildman–Crippen MR) is 158 cm³/mol. The smallest absolute Gasteiger partial charge is 0.253 e. The molecule has 0 radical (unpaired) electrons. The lowest BCUT2D eigenvalue weighted by molar-refractivity contribution is 0.186. The van der Waals surface area contributed by atoms with Gasteiger partial charge in [-0.3, -0.25) is 14.7 Å². The Morgan fingerprint density at radius 2 is 1.83 bits per heavy atom. The molecule has 1 N–H and O–H groups in total. The summed E-state index contributed by atoms with van der Waals surface area (Å²) in [7, 11) is 1.67. The topological polar surface area (TPSA) is 102 Å². The Labute approximate surface area is 239 Å². The molecule has 2 aromatic carbocycles. The maximum absolute atomic E-state index is 13.9. The highest BCUT2D eigenvalue weighted by molar-refractivity contribution is 5.79. The number of nitrogens with zero attached hydrogens (tertiary/aromatic N) is 6. The molecule has 0 spiro atoms. The van der Waals surface area contributed by atoms with E-state index in [9.17, 15) is 4.79 Å². The number of pyridine rings is 2. The molecule has 1 saturated carbocycles. The van der Waals surface area contributed by atoms with E-state index in [2.05, 4.69) is 60.7 Å². The maximum Gasteiger partial charge on any atom is 0.253 e. The lowest BCUT2D eigenvalue weighted by Crippen LogP contribution is -2.35. The van der Waals surface area contributed by atoms with Gasteiger partial charge in [-0.05, 0) is 82.6 Å². The highest BCUT2D eigenvalue weighted by atomic mass is 16.5. The van der Waals surface area contributed by atoms with E-state index in [-0.39, 0.29) is 11.6 Å². The minimum absolute atomic E-state index is 0.141. The predicted octanol–water partition coefficient (Wildman–Crippen LogP) is 5.52. The number of hydrogen-bond donors (Lipinski definition) is 1. The highest BCUT2D eigenvalue weighted by Gasteiger charge is 2.33. The summed E-state index contributed by atoms with van der Waals surface area (Å²) in [4.78, 5) is 23.7. The molecule has 3 aromatic heterocycles. The lowest BCUT2D eigenvalue weighted by atomic mass is 9.95. The summed E-state index contributed by atoms with van der Waals surface area (Å²) in [6.07, 6.45) is 9.22. The average molecular weight is 550 g/mol. The molecule has 1 atom stereocenters. The minimum Gasteiger partial charge on any atom is -0.497 e. The van der Waals surface area contributed by atoms with Gasteiger partial charge in [0.1, 0.15) is 11.8 Å². The summed E-state index contributed by atoms with van der Waals surface area (Å²) < 4.78 is 7.38. The SMILES string of the molecule is COc1ccc(CN(Cc2cccnc2)C(c2cc3ccc(C)cc3[nH]c2=O)c2nnnn2C2CCCCC2)cc1. The number of fused-ring (bicyclic) bond motifs is 1. The number of rotatable bonds is 9. The molecular formula is C32H35N7O2. The molecule has 41 heavy (non-hydrogen) atoms. The van der Waals surface area contributed by atoms with Gasteiger partial charge in [-0.25, -0.2) is 4.68 Å². The van der Waals surface area contributed by atoms with Gasteiger partial charge in [0, 0.05) is 36.6 Å². The van der Waals surface area contributed by atoms with Crippen molar-refractivity contribution in [2.24, 2.45) is 0 Å². The maximum atomic E-state index is 13.9. The van der Waals surface area contributed by atoms with Crippen molar-refractivity contribution in [2.45, 2.75) is 64.2 Å². The normalized spacial score (nSPS) is 14.9. The van der Waals surface area contributed by atoms with E-state index >= 15 is 0 Å². The van der Waals surface area contributed by atoms with Crippen molar-refractivity contribution in [3.8, 4) is 5.75 Å². The summed E-state index contributed by atoms with van der Waals surface area (Å²) in [5.41, 5.74) is 4.51. The summed E-state index contributed by atoms with van der Waals surface area (Å²) in [6.45, 7) is 3.14. The number of hydrogen-bond acceptors (Lipinski definition) is 7. The zero-order valence-corrected chi connectivity index (χ0v) is 23.5. The van der Waals surface area contributed by atoms with Crippen molar-refractivity contribution in [3.63, 3.8) is 0 Å². The molecule has 9 heteroatoms. The van der Waals surface area contributed by atoms with E-state index < -0.39 is 6.04 Å². The monoisotopic (exact) mass is 549 g/mol. The third kappa shape index (κ3) is 5.90. The first-order chi connectivity index (χ1) is 20.1. The largest absolute Gasteiger partial charge is 0.497 e. The van der Waals surface area contributed by atoms with Crippen LogP contribution in [0.4, 0.5) is 0 Å². The third-order valence-corrected chi connectivity index (χ3v) is 8.03. The Balaban J connectivity index is 1.51. The quantitative estimate of drug-likeness (QED) is 0.258. The number of methoxy groups -OCH3 is 1. The Hall–Kier alpha value is -4.37. The van der Waals surface area contributed by atoms with Gasteiger partial charge >= 0.3 is 0 Å². The average Bonchev–Trinajstić information content (AvgIpc) is 3.48. The molecule has 1 unspecified atom stereocenters. The number of aryl methyl sites for hydroxylation is 1. The van der Waals surface area contributed by atoms with Crippen LogP contribution in [0.5, 0.6) is 5.75 Å². The van der Waals surface area contributed by atoms with Crippen molar-refractivity contribution in [2.75, 3.05) is 7.11 Å². The first-order valence-electron chi connectivity index (χ1n) is 14.3. The van der Waals surface area contributed by atoms with Crippen molar-refractivity contribution < 1.29 is 4.74 Å². The van der Waals surface area contributed by atoms with E-state index in [1.165, 1.54) is 6.42 Å². The van der Waals surface area contributed by atoms with E-state index in [0.29, 0.717) is 24.5 Å². The van der Waals surface area contributed by atoms with Gasteiger partial charge in [-0.15, -0.1) is 5.10 Å². The second-order valence-electron chi connectivity index (χ2n) is 10.9. The zero-order valence-electron chi connectivity index (χ0n) is 23.5. The van der Waals surface area contributed by atoms with E-state index in [1.807, 2.05) is 48.1 Å². The van der Waals surface area contributed by atoms with Crippen LogP contribution in [0.25, 0.3) is 10.9 Å². The van der Waals surface area contributed by atoms with Gasteiger partial charge in [-0.1, -0.05) is 49.6 Å². The second-order valence-corrected chi connectivity index (χ2v) is 10.9. The molecule has 0 saturated heterocycles. The number of nitrogens with one attached hydrogen (secondary N) is 1. The van der Waals surface area contributed by atoms with Crippen LogP contribution in [-0.4, -0.2) is 42.2 Å². The van der Waals surface area contributed by atoms with E-state index in [4.69, 9.17) is 4.74 Å². The number of benzene rings is 2. The Morgan fingerprint density at radius 1 is 1.02 bits per heavy atom. The van der Waals surface area contributed by atoms with Crippen molar-refractivity contribution in [3.05, 3.63) is 111 Å². The van der Waals surface area contributed by atoms with Crippen molar-refractivity contribution in [1.29, 1.82) is 0 Å². The molecule has 9 nitrogen and oxygen atoms in total. The fourth-order valence-electron chi connectivity index (χ4n) is 5.93. The second kappa shape index (κ2) is 12.0. The standard InChI is InChI=1S/C32H35N7O2/c1-22-10-13-25-18-28(32(40)34-29(25)17-22)30(31-35-36-37-39(31)26-8-4-3-5-9-26)38(21-24-7-6-16-33-19-24)20-23-11-14-27(41-2)15-12-23/h6-7,10-19,26,30H,3-5,8-9,20-21H2,1-2H3,(H,34,40). The van der Waals surface area contributed by atoms with Crippen LogP contribution in [0.2, 0.25) is 0 Å². The Kier molecular flexibility index (Phi) is 7.86.